The first-order valence-electron chi connectivity index (χ1n) is 13.6. The third-order valence-electron chi connectivity index (χ3n) is 7.84. The molecular formula is C29H38FN3O4. The third kappa shape index (κ3) is 6.30. The fourth-order valence-electron chi connectivity index (χ4n) is 5.92. The maximum absolute atomic E-state index is 14.5. The number of rotatable bonds is 10. The molecule has 0 amide bonds. The Morgan fingerprint density at radius 3 is 2.97 bits per heavy atom. The van der Waals surface area contributed by atoms with Crippen molar-refractivity contribution in [3.63, 3.8) is 0 Å². The number of unbranched alkanes of at least 4 members (excludes halogenated alkanes) is 1. The molecule has 8 heteroatoms. The van der Waals surface area contributed by atoms with E-state index in [2.05, 4.69) is 22.3 Å². The quantitative estimate of drug-likeness (QED) is 0.374. The predicted molar refractivity (Wildman–Crippen MR) is 139 cm³/mol. The first-order chi connectivity index (χ1) is 18.1. The van der Waals surface area contributed by atoms with E-state index < -0.39 is 0 Å². The molecular weight excluding hydrogens is 473 g/mol. The highest BCUT2D eigenvalue weighted by molar-refractivity contribution is 5.71. The summed E-state index contributed by atoms with van der Waals surface area (Å²) in [6.45, 7) is 3.87. The molecule has 2 fully saturated rings. The van der Waals surface area contributed by atoms with Crippen LogP contribution in [0.4, 0.5) is 10.1 Å². The maximum atomic E-state index is 14.5. The summed E-state index contributed by atoms with van der Waals surface area (Å²) in [5.74, 6) is -0.328. The van der Waals surface area contributed by atoms with Gasteiger partial charge in [0.1, 0.15) is 5.82 Å². The fraction of sp³-hybridized carbons (Fsp3) is 0.586. The van der Waals surface area contributed by atoms with Gasteiger partial charge in [-0.2, -0.15) is 0 Å². The molecule has 3 aliphatic heterocycles. The highest BCUT2D eigenvalue weighted by Gasteiger charge is 2.39. The topological polar surface area (TPSA) is 72.9 Å². The first-order valence-corrected chi connectivity index (χ1v) is 13.6. The molecule has 4 heterocycles. The Balaban J connectivity index is 1.23. The Morgan fingerprint density at radius 2 is 2.14 bits per heavy atom. The van der Waals surface area contributed by atoms with Crippen molar-refractivity contribution in [2.24, 2.45) is 0 Å². The first kappa shape index (κ1) is 26.1. The van der Waals surface area contributed by atoms with Gasteiger partial charge in [0.2, 0.25) is 0 Å². The Bertz CT molecular complexity index is 1080. The van der Waals surface area contributed by atoms with Crippen molar-refractivity contribution in [3.8, 4) is 0 Å². The van der Waals surface area contributed by atoms with Gasteiger partial charge in [0.15, 0.2) is 0 Å². The molecule has 5 rings (SSSR count). The van der Waals surface area contributed by atoms with Crippen molar-refractivity contribution in [1.29, 1.82) is 0 Å². The number of nitrogens with one attached hydrogen (secondary N) is 1. The standard InChI is InChI=1S/C29H38FN3O4/c1-35-28(34)18-33-14-11-27(29(33)24-17-21(30)7-9-23(24)20-12-16-36-19-20)37-15-3-2-5-22-8-10-25-26(32-22)6-4-13-31-25/h7-10,17,20,27,29,31H,2-6,11-16,18-19H2,1H3. The number of carbonyl (C=O) groups is 1. The molecule has 1 aromatic carbocycles. The average Bonchev–Trinajstić information content (AvgIpc) is 3.59. The monoisotopic (exact) mass is 511 g/mol. The minimum atomic E-state index is -0.291. The molecule has 37 heavy (non-hydrogen) atoms. The lowest BCUT2D eigenvalue weighted by molar-refractivity contribution is -0.142. The molecule has 1 aromatic heterocycles. The molecule has 0 aliphatic carbocycles. The second kappa shape index (κ2) is 12.3. The summed E-state index contributed by atoms with van der Waals surface area (Å²) in [7, 11) is 1.40. The summed E-state index contributed by atoms with van der Waals surface area (Å²) >= 11 is 0. The van der Waals surface area contributed by atoms with E-state index in [0.29, 0.717) is 26.4 Å². The van der Waals surface area contributed by atoms with Gasteiger partial charge in [0.05, 0.1) is 43.8 Å². The molecule has 2 saturated heterocycles. The van der Waals surface area contributed by atoms with E-state index in [-0.39, 0.29) is 36.4 Å². The van der Waals surface area contributed by atoms with Crippen LogP contribution in [0, 0.1) is 5.82 Å². The summed E-state index contributed by atoms with van der Waals surface area (Å²) in [5.41, 5.74) is 5.49. The number of carbonyl (C=O) groups excluding carboxylic acids is 1. The van der Waals surface area contributed by atoms with Crippen LogP contribution in [-0.4, -0.2) is 68.5 Å². The number of halogens is 1. The zero-order chi connectivity index (χ0) is 25.6. The van der Waals surface area contributed by atoms with Crippen molar-refractivity contribution in [1.82, 2.24) is 9.88 Å². The Morgan fingerprint density at radius 1 is 1.22 bits per heavy atom. The number of pyridine rings is 1. The van der Waals surface area contributed by atoms with E-state index in [1.54, 1.807) is 6.07 Å². The largest absolute Gasteiger partial charge is 0.468 e. The fourth-order valence-corrected chi connectivity index (χ4v) is 5.92. The van der Waals surface area contributed by atoms with Crippen molar-refractivity contribution >= 4 is 11.7 Å². The molecule has 3 unspecified atom stereocenters. The van der Waals surface area contributed by atoms with Gasteiger partial charge in [0.25, 0.3) is 0 Å². The SMILES string of the molecule is COC(=O)CN1CCC(OCCCCc2ccc3c(n2)CCCN3)C1c1cc(F)ccc1C1CCOC1. The molecule has 0 saturated carbocycles. The number of aromatic nitrogens is 1. The van der Waals surface area contributed by atoms with E-state index >= 15 is 0 Å². The smallest absolute Gasteiger partial charge is 0.319 e. The average molecular weight is 512 g/mol. The number of methoxy groups -OCH3 is 1. The van der Waals surface area contributed by atoms with Gasteiger partial charge >= 0.3 is 5.97 Å². The number of hydrogen-bond donors (Lipinski definition) is 1. The number of likely N-dealkylation sites (tertiary alicyclic amines) is 1. The Hall–Kier alpha value is -2.55. The number of hydrogen-bond acceptors (Lipinski definition) is 7. The van der Waals surface area contributed by atoms with E-state index in [4.69, 9.17) is 19.2 Å². The van der Waals surface area contributed by atoms with Gasteiger partial charge in [-0.15, -0.1) is 0 Å². The van der Waals surface area contributed by atoms with Crippen LogP contribution in [-0.2, 0) is 31.8 Å². The minimum absolute atomic E-state index is 0.111. The van der Waals surface area contributed by atoms with Crippen LogP contribution in [0.5, 0.6) is 0 Å². The zero-order valence-electron chi connectivity index (χ0n) is 21.7. The lowest BCUT2D eigenvalue weighted by Crippen LogP contribution is -2.34. The second-order valence-electron chi connectivity index (χ2n) is 10.3. The summed E-state index contributed by atoms with van der Waals surface area (Å²) in [4.78, 5) is 19.1. The number of fused-ring (bicyclic) bond motifs is 1. The van der Waals surface area contributed by atoms with Crippen LogP contribution in [0.15, 0.2) is 30.3 Å². The van der Waals surface area contributed by atoms with Gasteiger partial charge < -0.3 is 19.5 Å². The Labute approximate surface area is 218 Å². The van der Waals surface area contributed by atoms with Gasteiger partial charge in [-0.05, 0) is 80.3 Å². The normalized spacial score (nSPS) is 23.6. The maximum Gasteiger partial charge on any atom is 0.319 e. The van der Waals surface area contributed by atoms with E-state index in [1.807, 2.05) is 6.07 Å². The van der Waals surface area contributed by atoms with Gasteiger partial charge in [-0.25, -0.2) is 4.39 Å². The van der Waals surface area contributed by atoms with Gasteiger partial charge in [-0.1, -0.05) is 6.07 Å². The zero-order valence-corrected chi connectivity index (χ0v) is 21.7. The van der Waals surface area contributed by atoms with Crippen LogP contribution < -0.4 is 5.32 Å². The van der Waals surface area contributed by atoms with Crippen molar-refractivity contribution in [2.75, 3.05) is 51.9 Å². The molecule has 0 radical (unpaired) electrons. The predicted octanol–water partition coefficient (Wildman–Crippen LogP) is 4.41. The number of anilines is 1. The van der Waals surface area contributed by atoms with Gasteiger partial charge in [-0.3, -0.25) is 14.7 Å². The van der Waals surface area contributed by atoms with Crippen LogP contribution in [0.2, 0.25) is 0 Å². The number of esters is 1. The third-order valence-corrected chi connectivity index (χ3v) is 7.84. The Kier molecular flexibility index (Phi) is 8.69. The van der Waals surface area contributed by atoms with Crippen molar-refractivity contribution < 1.29 is 23.4 Å². The van der Waals surface area contributed by atoms with Crippen molar-refractivity contribution in [3.05, 3.63) is 58.7 Å². The molecule has 7 nitrogen and oxygen atoms in total. The second-order valence-corrected chi connectivity index (χ2v) is 10.3. The molecule has 2 aromatic rings. The van der Waals surface area contributed by atoms with Crippen molar-refractivity contribution in [2.45, 2.75) is 63.0 Å². The molecule has 200 valence electrons. The summed E-state index contributed by atoms with van der Waals surface area (Å²) in [6, 6.07) is 9.11. The number of benzene rings is 1. The highest BCUT2D eigenvalue weighted by Crippen LogP contribution is 2.40. The summed E-state index contributed by atoms with van der Waals surface area (Å²) in [6.07, 6.45) is 6.61. The number of ether oxygens (including phenoxy) is 3. The van der Waals surface area contributed by atoms with Crippen LogP contribution in [0.3, 0.4) is 0 Å². The number of nitrogens with zero attached hydrogens (tertiary/aromatic N) is 2. The van der Waals surface area contributed by atoms with E-state index in [0.717, 1.165) is 68.3 Å². The lowest BCUT2D eigenvalue weighted by Gasteiger charge is -2.30. The van der Waals surface area contributed by atoms with Crippen LogP contribution in [0.25, 0.3) is 0 Å². The van der Waals surface area contributed by atoms with E-state index in [1.165, 1.54) is 24.6 Å². The summed E-state index contributed by atoms with van der Waals surface area (Å²) < 4.78 is 31.5. The highest BCUT2D eigenvalue weighted by atomic mass is 19.1. The lowest BCUT2D eigenvalue weighted by atomic mass is 9.88. The van der Waals surface area contributed by atoms with Gasteiger partial charge in [0, 0.05) is 37.9 Å². The van der Waals surface area contributed by atoms with Crippen LogP contribution >= 0.6 is 0 Å². The summed E-state index contributed by atoms with van der Waals surface area (Å²) in [5, 5.41) is 3.41. The molecule has 0 spiro atoms. The molecule has 3 aliphatic rings. The molecule has 1 N–H and O–H groups in total. The molecule has 0 bridgehead atoms. The van der Waals surface area contributed by atoms with E-state index in [9.17, 15) is 9.18 Å². The molecule has 3 atom stereocenters. The minimum Gasteiger partial charge on any atom is -0.468 e. The van der Waals surface area contributed by atoms with Crippen LogP contribution in [0.1, 0.15) is 66.6 Å². The number of aryl methyl sites for hydroxylation is 2.